The molecule has 0 bridgehead atoms. The molecule has 0 unspecified atom stereocenters. The molecule has 1 aliphatic rings. The molecular formula is C18H28O9. The minimum Gasteiger partial charge on any atom is -0.463 e. The normalized spacial score (nSPS) is 27.6. The first-order chi connectivity index (χ1) is 12.5. The smallest absolute Gasteiger partial charge is 0.303 e. The fourth-order valence-electron chi connectivity index (χ4n) is 2.97. The summed E-state index contributed by atoms with van der Waals surface area (Å²) in [5.41, 5.74) is 0. The van der Waals surface area contributed by atoms with E-state index in [4.69, 9.17) is 23.7 Å². The van der Waals surface area contributed by atoms with Crippen molar-refractivity contribution in [3.63, 3.8) is 0 Å². The van der Waals surface area contributed by atoms with Gasteiger partial charge in [-0.25, -0.2) is 0 Å². The van der Waals surface area contributed by atoms with Crippen LogP contribution in [0.4, 0.5) is 0 Å². The van der Waals surface area contributed by atoms with Crippen molar-refractivity contribution in [3.05, 3.63) is 0 Å². The quantitative estimate of drug-likeness (QED) is 0.468. The van der Waals surface area contributed by atoms with Crippen LogP contribution in [0.2, 0.25) is 0 Å². The van der Waals surface area contributed by atoms with Crippen LogP contribution in [0.5, 0.6) is 0 Å². The van der Waals surface area contributed by atoms with Gasteiger partial charge < -0.3 is 23.7 Å². The topological polar surface area (TPSA) is 114 Å². The Hall–Kier alpha value is -2.16. The summed E-state index contributed by atoms with van der Waals surface area (Å²) >= 11 is 0. The van der Waals surface area contributed by atoms with E-state index in [2.05, 4.69) is 0 Å². The van der Waals surface area contributed by atoms with Crippen molar-refractivity contribution in [2.45, 2.75) is 78.5 Å². The molecule has 0 aromatic carbocycles. The summed E-state index contributed by atoms with van der Waals surface area (Å²) in [5, 5.41) is 0. The third-order valence-corrected chi connectivity index (χ3v) is 3.79. The van der Waals surface area contributed by atoms with Crippen LogP contribution in [0.15, 0.2) is 0 Å². The average Bonchev–Trinajstić information content (AvgIpc) is 2.49. The lowest BCUT2D eigenvalue weighted by molar-refractivity contribution is -0.254. The Morgan fingerprint density at radius 3 is 1.59 bits per heavy atom. The van der Waals surface area contributed by atoms with E-state index in [1.54, 1.807) is 0 Å². The maximum Gasteiger partial charge on any atom is 0.303 e. The van der Waals surface area contributed by atoms with Crippen molar-refractivity contribution in [3.8, 4) is 0 Å². The Kier molecular flexibility index (Phi) is 8.68. The van der Waals surface area contributed by atoms with E-state index in [0.717, 1.165) is 0 Å². The first kappa shape index (κ1) is 22.9. The molecule has 0 aromatic heterocycles. The lowest BCUT2D eigenvalue weighted by Crippen LogP contribution is -2.62. The number of esters is 4. The van der Waals surface area contributed by atoms with Gasteiger partial charge >= 0.3 is 23.9 Å². The van der Waals surface area contributed by atoms with E-state index in [9.17, 15) is 19.2 Å². The van der Waals surface area contributed by atoms with Gasteiger partial charge in [-0.3, -0.25) is 19.2 Å². The van der Waals surface area contributed by atoms with Gasteiger partial charge in [-0.05, 0) is 12.3 Å². The largest absolute Gasteiger partial charge is 0.463 e. The fourth-order valence-corrected chi connectivity index (χ4v) is 2.97. The Bertz CT molecular complexity index is 557. The number of carbonyl (C=O) groups is 4. The van der Waals surface area contributed by atoms with E-state index in [-0.39, 0.29) is 12.5 Å². The number of carbonyl (C=O) groups excluding carboxylic acids is 4. The molecule has 0 radical (unpaired) electrons. The average molecular weight is 388 g/mol. The fraction of sp³-hybridized carbons (Fsp3) is 0.778. The molecule has 1 saturated heterocycles. The van der Waals surface area contributed by atoms with Gasteiger partial charge in [0.1, 0.15) is 12.7 Å². The van der Waals surface area contributed by atoms with Gasteiger partial charge in [-0.2, -0.15) is 0 Å². The van der Waals surface area contributed by atoms with Gasteiger partial charge in [0.25, 0.3) is 0 Å². The number of ether oxygens (including phenoxy) is 5. The Morgan fingerprint density at radius 1 is 0.741 bits per heavy atom. The maximum absolute atomic E-state index is 11.6. The van der Waals surface area contributed by atoms with Gasteiger partial charge in [0.05, 0.1) is 6.10 Å². The van der Waals surface area contributed by atoms with Gasteiger partial charge in [0, 0.05) is 27.7 Å². The maximum atomic E-state index is 11.6. The molecule has 1 heterocycles. The molecule has 9 heteroatoms. The van der Waals surface area contributed by atoms with Gasteiger partial charge in [-0.15, -0.1) is 0 Å². The van der Waals surface area contributed by atoms with Crippen LogP contribution in [0.3, 0.4) is 0 Å². The van der Waals surface area contributed by atoms with Gasteiger partial charge in [-0.1, -0.05) is 13.8 Å². The lowest BCUT2D eigenvalue weighted by Gasteiger charge is -2.45. The van der Waals surface area contributed by atoms with Crippen LogP contribution < -0.4 is 0 Å². The van der Waals surface area contributed by atoms with Crippen LogP contribution >= 0.6 is 0 Å². The molecule has 1 fully saturated rings. The second kappa shape index (κ2) is 10.2. The highest BCUT2D eigenvalue weighted by molar-refractivity contribution is 5.68. The number of hydrogen-bond acceptors (Lipinski definition) is 9. The van der Waals surface area contributed by atoms with E-state index in [1.807, 2.05) is 13.8 Å². The summed E-state index contributed by atoms with van der Waals surface area (Å²) in [4.78, 5) is 46.0. The summed E-state index contributed by atoms with van der Waals surface area (Å²) in [7, 11) is 0. The van der Waals surface area contributed by atoms with Crippen LogP contribution in [0, 0.1) is 5.92 Å². The highest BCUT2D eigenvalue weighted by atomic mass is 16.7. The molecule has 1 rings (SSSR count). The SMILES string of the molecule is CC(=O)OC[C@H]1O[C@H](CC(C)C)[C@H](OC(C)=O)[C@@H](OC(C)=O)[C@@H]1OC(C)=O. The first-order valence-corrected chi connectivity index (χ1v) is 8.81. The third-order valence-electron chi connectivity index (χ3n) is 3.79. The van der Waals surface area contributed by atoms with Crippen LogP contribution in [-0.2, 0) is 42.9 Å². The summed E-state index contributed by atoms with van der Waals surface area (Å²) < 4.78 is 27.0. The Labute approximate surface area is 158 Å². The van der Waals surface area contributed by atoms with Gasteiger partial charge in [0.2, 0.25) is 0 Å². The molecule has 0 saturated carbocycles. The summed E-state index contributed by atoms with van der Waals surface area (Å²) in [6.07, 6.45) is -4.18. The van der Waals surface area contributed by atoms with Crippen LogP contribution in [0.25, 0.3) is 0 Å². The predicted molar refractivity (Wildman–Crippen MR) is 91.4 cm³/mol. The summed E-state index contributed by atoms with van der Waals surface area (Å²) in [6.45, 7) is 8.55. The van der Waals surface area contributed by atoms with Crippen molar-refractivity contribution in [1.29, 1.82) is 0 Å². The zero-order valence-electron chi connectivity index (χ0n) is 16.6. The second-order valence-corrected chi connectivity index (χ2v) is 6.87. The monoisotopic (exact) mass is 388 g/mol. The first-order valence-electron chi connectivity index (χ1n) is 8.81. The zero-order valence-corrected chi connectivity index (χ0v) is 16.6. The Balaban J connectivity index is 3.27. The van der Waals surface area contributed by atoms with Crippen molar-refractivity contribution < 1.29 is 42.9 Å². The van der Waals surface area contributed by atoms with Gasteiger partial charge in [0.15, 0.2) is 18.3 Å². The van der Waals surface area contributed by atoms with Crippen LogP contribution in [-0.4, -0.2) is 61.0 Å². The molecular weight excluding hydrogens is 360 g/mol. The molecule has 1 aliphatic heterocycles. The molecule has 154 valence electrons. The molecule has 0 amide bonds. The number of rotatable bonds is 7. The Morgan fingerprint density at radius 2 is 1.19 bits per heavy atom. The number of hydrogen-bond donors (Lipinski definition) is 0. The van der Waals surface area contributed by atoms with Crippen LogP contribution in [0.1, 0.15) is 48.0 Å². The summed E-state index contributed by atoms with van der Waals surface area (Å²) in [6, 6.07) is 0. The second-order valence-electron chi connectivity index (χ2n) is 6.87. The van der Waals surface area contributed by atoms with E-state index in [0.29, 0.717) is 6.42 Å². The molecule has 0 spiro atoms. The van der Waals surface area contributed by atoms with Crippen molar-refractivity contribution in [1.82, 2.24) is 0 Å². The molecule has 9 nitrogen and oxygen atoms in total. The molecule has 27 heavy (non-hydrogen) atoms. The minimum absolute atomic E-state index is 0.172. The van der Waals surface area contributed by atoms with E-state index in [1.165, 1.54) is 27.7 Å². The standard InChI is InChI=1S/C18H28O9/c1-9(2)7-14-16(24-11(4)20)18(26-13(6)22)17(25-12(5)21)15(27-14)8-23-10(3)19/h9,14-18H,7-8H2,1-6H3/t14-,15-,16+,17-,18-/m1/s1. The summed E-state index contributed by atoms with van der Waals surface area (Å²) in [5.74, 6) is -2.23. The van der Waals surface area contributed by atoms with Crippen molar-refractivity contribution in [2.24, 2.45) is 5.92 Å². The highest BCUT2D eigenvalue weighted by Gasteiger charge is 2.51. The zero-order chi connectivity index (χ0) is 20.7. The molecule has 0 N–H and O–H groups in total. The van der Waals surface area contributed by atoms with Crippen molar-refractivity contribution >= 4 is 23.9 Å². The lowest BCUT2D eigenvalue weighted by atomic mass is 9.90. The van der Waals surface area contributed by atoms with Crippen molar-refractivity contribution in [2.75, 3.05) is 6.61 Å². The van der Waals surface area contributed by atoms with E-state index >= 15 is 0 Å². The molecule has 5 atom stereocenters. The van der Waals surface area contributed by atoms with E-state index < -0.39 is 54.4 Å². The highest BCUT2D eigenvalue weighted by Crippen LogP contribution is 2.32. The predicted octanol–water partition coefficient (Wildman–Crippen LogP) is 1.16. The third kappa shape index (κ3) is 7.54. The molecule has 0 aromatic rings. The molecule has 0 aliphatic carbocycles. The minimum atomic E-state index is -1.10.